The van der Waals surface area contributed by atoms with Crippen molar-refractivity contribution in [2.75, 3.05) is 6.54 Å². The Morgan fingerprint density at radius 1 is 1.12 bits per heavy atom. The van der Waals surface area contributed by atoms with Crippen molar-refractivity contribution >= 4 is 33.8 Å². The Bertz CT molecular complexity index is 1180. The van der Waals surface area contributed by atoms with Gasteiger partial charge in [-0.3, -0.25) is 19.1 Å². The number of alkyl carbamates (subject to hydrolysis) is 1. The van der Waals surface area contributed by atoms with E-state index in [-0.39, 0.29) is 5.92 Å². The monoisotopic (exact) mass is 610 g/mol. The predicted molar refractivity (Wildman–Crippen MR) is 160 cm³/mol. The summed E-state index contributed by atoms with van der Waals surface area (Å²) in [6.45, 7) is 16.5. The van der Waals surface area contributed by atoms with Crippen molar-refractivity contribution in [2.24, 2.45) is 11.3 Å². The van der Waals surface area contributed by atoms with Crippen molar-refractivity contribution in [3.05, 3.63) is 12.7 Å². The van der Waals surface area contributed by atoms with Gasteiger partial charge in [0.25, 0.3) is 5.91 Å². The Morgan fingerprint density at radius 3 is 2.26 bits per heavy atom. The van der Waals surface area contributed by atoms with Crippen LogP contribution in [0.25, 0.3) is 0 Å². The molecule has 12 heteroatoms. The van der Waals surface area contributed by atoms with E-state index < -0.39 is 67.2 Å². The molecule has 3 rings (SSSR count). The number of rotatable bonds is 12. The summed E-state index contributed by atoms with van der Waals surface area (Å²) in [6.07, 6.45) is 5.69. The summed E-state index contributed by atoms with van der Waals surface area (Å²) in [5.41, 5.74) is -2.77. The van der Waals surface area contributed by atoms with Gasteiger partial charge < -0.3 is 20.3 Å². The first kappa shape index (κ1) is 33.9. The van der Waals surface area contributed by atoms with Crippen LogP contribution in [-0.2, 0) is 29.1 Å². The molecule has 4 atom stereocenters. The number of hydrogen-bond acceptors (Lipinski definition) is 7. The van der Waals surface area contributed by atoms with E-state index in [0.29, 0.717) is 64.3 Å². The average Bonchev–Trinajstić information content (AvgIpc) is 3.74. The highest BCUT2D eigenvalue weighted by atomic mass is 32.2. The zero-order valence-corrected chi connectivity index (χ0v) is 27.1. The van der Waals surface area contributed by atoms with Gasteiger partial charge in [0.05, 0.1) is 4.75 Å². The van der Waals surface area contributed by atoms with Gasteiger partial charge in [0.15, 0.2) is 0 Å². The standard InChI is InChI=1S/C30H50N4O7S/c1-9-11-12-15-29(16-17-29)42(39,40)33-25(37)30(19-20(30)10-2)32-23(35)21-14-13-18-34(21)24(36)22(27(3,4)5)31-26(38)41-28(6,7)8/h9,20-22H,1,10-19H2,2-8H3,(H,31,38)(H,32,35)(H,33,37)/t20-,21+,22-,30-/m1/s1. The number of nitrogens with one attached hydrogen (secondary N) is 3. The van der Waals surface area contributed by atoms with Crippen LogP contribution >= 0.6 is 0 Å². The van der Waals surface area contributed by atoms with Crippen LogP contribution in [0.3, 0.4) is 0 Å². The number of likely N-dealkylation sites (tertiary alicyclic amines) is 1. The maximum Gasteiger partial charge on any atom is 0.408 e. The SMILES string of the molecule is C=CCCCC1(S(=O)(=O)NC(=O)[C@@]2(NC(=O)[C@@H]3CCCN3C(=O)[C@@H](NC(=O)OC(C)(C)C)C(C)(C)C)C[C@H]2CC)CC1. The highest BCUT2D eigenvalue weighted by molar-refractivity contribution is 7.91. The number of allylic oxidation sites excluding steroid dienone is 1. The lowest BCUT2D eigenvalue weighted by atomic mass is 9.85. The van der Waals surface area contributed by atoms with E-state index in [0.717, 1.165) is 0 Å². The van der Waals surface area contributed by atoms with E-state index >= 15 is 0 Å². The molecule has 0 radical (unpaired) electrons. The normalized spacial score (nSPS) is 25.6. The molecule has 0 aromatic heterocycles. The fourth-order valence-corrected chi connectivity index (χ4v) is 7.53. The van der Waals surface area contributed by atoms with Crippen LogP contribution in [0.4, 0.5) is 4.79 Å². The number of sulfonamides is 1. The molecule has 42 heavy (non-hydrogen) atoms. The molecule has 0 spiro atoms. The van der Waals surface area contributed by atoms with Crippen LogP contribution in [0, 0.1) is 11.3 Å². The van der Waals surface area contributed by atoms with E-state index in [1.807, 2.05) is 27.7 Å². The van der Waals surface area contributed by atoms with E-state index in [9.17, 15) is 27.6 Å². The van der Waals surface area contributed by atoms with E-state index in [1.54, 1.807) is 26.8 Å². The van der Waals surface area contributed by atoms with Crippen LogP contribution in [0.5, 0.6) is 0 Å². The Kier molecular flexibility index (Phi) is 9.81. The molecule has 3 N–H and O–H groups in total. The molecule has 3 aliphatic rings. The smallest absolute Gasteiger partial charge is 0.408 e. The third kappa shape index (κ3) is 7.47. The Labute approximate surface area is 251 Å². The summed E-state index contributed by atoms with van der Waals surface area (Å²) >= 11 is 0. The van der Waals surface area contributed by atoms with Crippen molar-refractivity contribution in [2.45, 2.75) is 134 Å². The minimum Gasteiger partial charge on any atom is -0.444 e. The Morgan fingerprint density at radius 2 is 1.76 bits per heavy atom. The maximum atomic E-state index is 13.8. The molecule has 1 heterocycles. The second-order valence-electron chi connectivity index (χ2n) is 14.2. The number of carbonyl (C=O) groups excluding carboxylic acids is 4. The molecule has 0 unspecified atom stereocenters. The third-order valence-electron chi connectivity index (χ3n) is 8.61. The molecule has 3 fully saturated rings. The Balaban J connectivity index is 1.74. The number of carbonyl (C=O) groups is 4. The highest BCUT2D eigenvalue weighted by Gasteiger charge is 2.63. The average molecular weight is 611 g/mol. The van der Waals surface area contributed by atoms with Crippen LogP contribution in [0.2, 0.25) is 0 Å². The third-order valence-corrected chi connectivity index (χ3v) is 10.8. The van der Waals surface area contributed by atoms with Gasteiger partial charge in [-0.2, -0.15) is 0 Å². The van der Waals surface area contributed by atoms with Gasteiger partial charge in [-0.1, -0.05) is 40.2 Å². The first-order chi connectivity index (χ1) is 19.3. The lowest BCUT2D eigenvalue weighted by Crippen LogP contribution is -2.60. The summed E-state index contributed by atoms with van der Waals surface area (Å²) in [5.74, 6) is -1.84. The lowest BCUT2D eigenvalue weighted by Gasteiger charge is -2.36. The fourth-order valence-electron chi connectivity index (χ4n) is 5.84. The number of unbranched alkanes of at least 4 members (excludes halogenated alkanes) is 1. The van der Waals surface area contributed by atoms with Crippen LogP contribution < -0.4 is 15.4 Å². The topological polar surface area (TPSA) is 151 Å². The van der Waals surface area contributed by atoms with Gasteiger partial charge in [0.1, 0.15) is 23.2 Å². The van der Waals surface area contributed by atoms with Crippen molar-refractivity contribution < 1.29 is 32.3 Å². The van der Waals surface area contributed by atoms with Gasteiger partial charge in [-0.25, -0.2) is 13.2 Å². The van der Waals surface area contributed by atoms with Crippen LogP contribution in [0.15, 0.2) is 12.7 Å². The van der Waals surface area contributed by atoms with E-state index in [4.69, 9.17) is 4.74 Å². The fraction of sp³-hybridized carbons (Fsp3) is 0.800. The summed E-state index contributed by atoms with van der Waals surface area (Å²) in [4.78, 5) is 54.9. The molecular formula is C30H50N4O7S. The van der Waals surface area contributed by atoms with Crippen molar-refractivity contribution in [1.29, 1.82) is 0 Å². The van der Waals surface area contributed by atoms with Crippen molar-refractivity contribution in [1.82, 2.24) is 20.3 Å². The van der Waals surface area contributed by atoms with Gasteiger partial charge >= 0.3 is 6.09 Å². The zero-order chi connectivity index (χ0) is 31.7. The zero-order valence-electron chi connectivity index (χ0n) is 26.3. The van der Waals surface area contributed by atoms with Gasteiger partial charge in [0, 0.05) is 6.54 Å². The van der Waals surface area contributed by atoms with Crippen LogP contribution in [0.1, 0.15) is 106 Å². The second-order valence-corrected chi connectivity index (χ2v) is 16.3. The molecule has 1 aliphatic heterocycles. The minimum atomic E-state index is -3.94. The van der Waals surface area contributed by atoms with Crippen LogP contribution in [-0.4, -0.2) is 71.6 Å². The summed E-state index contributed by atoms with van der Waals surface area (Å²) in [5, 5.41) is 5.54. The summed E-state index contributed by atoms with van der Waals surface area (Å²) in [6, 6.07) is -1.81. The lowest BCUT2D eigenvalue weighted by molar-refractivity contribution is -0.143. The molecule has 0 aromatic carbocycles. The maximum absolute atomic E-state index is 13.8. The first-order valence-electron chi connectivity index (χ1n) is 15.1. The number of ether oxygens (including phenoxy) is 1. The predicted octanol–water partition coefficient (Wildman–Crippen LogP) is 3.54. The Hall–Kier alpha value is -2.63. The molecule has 1 saturated heterocycles. The molecule has 238 valence electrons. The van der Waals surface area contributed by atoms with Gasteiger partial charge in [0.2, 0.25) is 21.8 Å². The van der Waals surface area contributed by atoms with E-state index in [1.165, 1.54) is 4.90 Å². The molecule has 11 nitrogen and oxygen atoms in total. The molecule has 2 aliphatic carbocycles. The quantitative estimate of drug-likeness (QED) is 0.226. The highest BCUT2D eigenvalue weighted by Crippen LogP contribution is 2.49. The first-order valence-corrected chi connectivity index (χ1v) is 16.6. The van der Waals surface area contributed by atoms with Gasteiger partial charge in [-0.05, 0) is 83.5 Å². The minimum absolute atomic E-state index is 0.214. The summed E-state index contributed by atoms with van der Waals surface area (Å²) in [7, 11) is -3.94. The van der Waals surface area contributed by atoms with Gasteiger partial charge in [-0.15, -0.1) is 6.58 Å². The number of hydrogen-bond donors (Lipinski definition) is 3. The second kappa shape index (κ2) is 12.2. The van der Waals surface area contributed by atoms with Crippen molar-refractivity contribution in [3.8, 4) is 0 Å². The van der Waals surface area contributed by atoms with E-state index in [2.05, 4.69) is 21.9 Å². The number of nitrogens with zero attached hydrogens (tertiary/aromatic N) is 1. The number of amides is 4. The molecule has 0 bridgehead atoms. The molecule has 0 aromatic rings. The summed E-state index contributed by atoms with van der Waals surface area (Å²) < 4.78 is 33.2. The molecule has 2 saturated carbocycles. The van der Waals surface area contributed by atoms with Crippen molar-refractivity contribution in [3.63, 3.8) is 0 Å². The molecular weight excluding hydrogens is 560 g/mol. The molecule has 4 amide bonds. The largest absolute Gasteiger partial charge is 0.444 e.